The zero-order valence-corrected chi connectivity index (χ0v) is 21.9. The third-order valence-corrected chi connectivity index (χ3v) is 10.3. The number of methoxy groups -OCH3 is 3. The van der Waals surface area contributed by atoms with E-state index in [9.17, 15) is 0 Å². The van der Waals surface area contributed by atoms with E-state index < -0.39 is 0 Å². The zero-order chi connectivity index (χ0) is 23.3. The molecule has 4 rings (SSSR count). The molecule has 1 aliphatic heterocycles. The Bertz CT molecular complexity index is 1020. The van der Waals surface area contributed by atoms with Crippen molar-refractivity contribution < 1.29 is 14.2 Å². The maximum absolute atomic E-state index is 6.26. The van der Waals surface area contributed by atoms with Crippen LogP contribution in [0.1, 0.15) is 48.3 Å². The molecule has 1 saturated heterocycles. The zero-order valence-electron chi connectivity index (χ0n) is 19.5. The summed E-state index contributed by atoms with van der Waals surface area (Å²) in [6.45, 7) is 0. The predicted molar refractivity (Wildman–Crippen MR) is 137 cm³/mol. The van der Waals surface area contributed by atoms with Crippen molar-refractivity contribution in [2.45, 2.75) is 41.2 Å². The van der Waals surface area contributed by atoms with E-state index in [2.05, 4.69) is 42.5 Å². The molecule has 174 valence electrons. The van der Waals surface area contributed by atoms with Crippen LogP contribution in [0.2, 0.25) is 10.3 Å². The van der Waals surface area contributed by atoms with E-state index in [0.29, 0.717) is 15.0 Å². The molecule has 0 aliphatic carbocycles. The quantitative estimate of drug-likeness (QED) is 0.292. The van der Waals surface area contributed by atoms with Crippen molar-refractivity contribution in [1.29, 1.82) is 0 Å². The SMILES string of the molecule is COc1cc(OC)c(C(CC2(c3ccc(Cl)cc3)CCCC[Se]2)c2ccccc2)c(OC)c1. The molecule has 33 heavy (non-hydrogen) atoms. The summed E-state index contributed by atoms with van der Waals surface area (Å²) in [6.07, 6.45) is 4.76. The molecule has 2 unspecified atom stereocenters. The first-order chi connectivity index (χ1) is 16.1. The van der Waals surface area contributed by atoms with E-state index in [1.807, 2.05) is 24.3 Å². The van der Waals surface area contributed by atoms with Gasteiger partial charge in [0.2, 0.25) is 0 Å². The number of hydrogen-bond acceptors (Lipinski definition) is 3. The van der Waals surface area contributed by atoms with Gasteiger partial charge in [0.05, 0.1) is 0 Å². The summed E-state index contributed by atoms with van der Waals surface area (Å²) in [5, 5.41) is 2.09. The van der Waals surface area contributed by atoms with Gasteiger partial charge in [-0.25, -0.2) is 0 Å². The summed E-state index contributed by atoms with van der Waals surface area (Å²) in [5.74, 6) is 2.45. The van der Waals surface area contributed by atoms with Crippen LogP contribution in [-0.4, -0.2) is 36.3 Å². The van der Waals surface area contributed by atoms with Crippen molar-refractivity contribution in [2.75, 3.05) is 21.3 Å². The molecular weight excluding hydrogens is 499 g/mol. The normalized spacial score (nSPS) is 19.0. The standard InChI is InChI=1S/C28H31ClO3Se/c1-30-23-17-25(31-2)27(26(18-23)32-3)24(20-9-5-4-6-10-20)19-28(15-7-8-16-33-28)21-11-13-22(29)14-12-21/h4-6,9-14,17-18,24H,7-8,15-16,19H2,1-3H3. The van der Waals surface area contributed by atoms with Crippen LogP contribution >= 0.6 is 11.6 Å². The number of hydrogen-bond donors (Lipinski definition) is 0. The molecule has 0 aromatic heterocycles. The molecule has 5 heteroatoms. The van der Waals surface area contributed by atoms with Crippen molar-refractivity contribution >= 4 is 26.6 Å². The first-order valence-electron chi connectivity index (χ1n) is 11.3. The van der Waals surface area contributed by atoms with Gasteiger partial charge in [0.15, 0.2) is 0 Å². The Balaban J connectivity index is 1.88. The van der Waals surface area contributed by atoms with Crippen LogP contribution < -0.4 is 14.2 Å². The van der Waals surface area contributed by atoms with Crippen molar-refractivity contribution in [3.8, 4) is 17.2 Å². The Morgan fingerprint density at radius 3 is 2.09 bits per heavy atom. The molecular formula is C28H31ClO3Se. The Morgan fingerprint density at radius 2 is 1.55 bits per heavy atom. The fraction of sp³-hybridized carbons (Fsp3) is 0.357. The predicted octanol–water partition coefficient (Wildman–Crippen LogP) is 7.09. The first kappa shape index (κ1) is 24.0. The Kier molecular flexibility index (Phi) is 7.90. The van der Waals surface area contributed by atoms with Crippen LogP contribution in [0.4, 0.5) is 0 Å². The van der Waals surface area contributed by atoms with Crippen molar-refractivity contribution in [3.63, 3.8) is 0 Å². The molecule has 0 spiro atoms. The second kappa shape index (κ2) is 10.9. The van der Waals surface area contributed by atoms with Crippen LogP contribution in [0.15, 0.2) is 66.7 Å². The van der Waals surface area contributed by atoms with Gasteiger partial charge in [-0.3, -0.25) is 0 Å². The molecule has 1 aliphatic rings. The van der Waals surface area contributed by atoms with E-state index in [4.69, 9.17) is 25.8 Å². The van der Waals surface area contributed by atoms with Crippen molar-refractivity contribution in [3.05, 3.63) is 88.4 Å². The van der Waals surface area contributed by atoms with Crippen LogP contribution in [0.5, 0.6) is 17.2 Å². The monoisotopic (exact) mass is 530 g/mol. The average molecular weight is 530 g/mol. The topological polar surface area (TPSA) is 27.7 Å². The molecule has 3 nitrogen and oxygen atoms in total. The first-order valence-corrected chi connectivity index (χ1v) is 13.8. The molecule has 0 saturated carbocycles. The Hall–Kier alpha value is -2.13. The van der Waals surface area contributed by atoms with Crippen molar-refractivity contribution in [1.82, 2.24) is 0 Å². The summed E-state index contributed by atoms with van der Waals surface area (Å²) >= 11 is 6.75. The van der Waals surface area contributed by atoms with Crippen LogP contribution in [0.25, 0.3) is 0 Å². The van der Waals surface area contributed by atoms with E-state index in [-0.39, 0.29) is 10.2 Å². The fourth-order valence-corrected chi connectivity index (χ4v) is 8.40. The molecule has 0 N–H and O–H groups in total. The third-order valence-electron chi connectivity index (χ3n) is 6.56. The van der Waals surface area contributed by atoms with Gasteiger partial charge >= 0.3 is 209 Å². The van der Waals surface area contributed by atoms with E-state index in [1.165, 1.54) is 35.7 Å². The summed E-state index contributed by atoms with van der Waals surface area (Å²) < 4.78 is 17.5. The molecule has 2 atom stereocenters. The van der Waals surface area contributed by atoms with Crippen LogP contribution in [0, 0.1) is 0 Å². The number of benzene rings is 3. The van der Waals surface area contributed by atoms with Gasteiger partial charge in [-0.15, -0.1) is 0 Å². The fourth-order valence-electron chi connectivity index (χ4n) is 4.89. The van der Waals surface area contributed by atoms with Gasteiger partial charge in [-0.1, -0.05) is 0 Å². The van der Waals surface area contributed by atoms with E-state index in [0.717, 1.165) is 34.3 Å². The third kappa shape index (κ3) is 5.19. The van der Waals surface area contributed by atoms with Crippen LogP contribution in [0.3, 0.4) is 0 Å². The molecule has 1 fully saturated rings. The van der Waals surface area contributed by atoms with Gasteiger partial charge in [-0.2, -0.15) is 0 Å². The average Bonchev–Trinajstić information content (AvgIpc) is 2.88. The summed E-state index contributed by atoms with van der Waals surface area (Å²) in [4.78, 5) is 0. The van der Waals surface area contributed by atoms with E-state index in [1.54, 1.807) is 21.3 Å². The summed E-state index contributed by atoms with van der Waals surface area (Å²) in [7, 11) is 5.11. The molecule has 0 bridgehead atoms. The number of ether oxygens (including phenoxy) is 3. The molecule has 3 aromatic rings. The Labute approximate surface area is 208 Å². The minimum atomic E-state index is 0.123. The Morgan fingerprint density at radius 1 is 0.879 bits per heavy atom. The summed E-state index contributed by atoms with van der Waals surface area (Å²) in [6, 6.07) is 23.2. The maximum atomic E-state index is 6.26. The minimum absolute atomic E-state index is 0.123. The van der Waals surface area contributed by atoms with Gasteiger partial charge in [0.1, 0.15) is 0 Å². The molecule has 0 radical (unpaired) electrons. The molecule has 0 amide bonds. The van der Waals surface area contributed by atoms with Gasteiger partial charge in [0.25, 0.3) is 0 Å². The summed E-state index contributed by atoms with van der Waals surface area (Å²) in [5.41, 5.74) is 3.76. The number of rotatable bonds is 8. The molecule has 3 aromatic carbocycles. The van der Waals surface area contributed by atoms with Gasteiger partial charge < -0.3 is 0 Å². The second-order valence-corrected chi connectivity index (χ2v) is 12.0. The second-order valence-electron chi connectivity index (χ2n) is 8.42. The van der Waals surface area contributed by atoms with E-state index >= 15 is 0 Å². The van der Waals surface area contributed by atoms with Gasteiger partial charge in [0, 0.05) is 0 Å². The van der Waals surface area contributed by atoms with Crippen LogP contribution in [-0.2, 0) is 4.31 Å². The molecule has 1 heterocycles. The number of halogens is 1. The van der Waals surface area contributed by atoms with Gasteiger partial charge in [-0.05, 0) is 0 Å². The van der Waals surface area contributed by atoms with Crippen molar-refractivity contribution in [2.24, 2.45) is 0 Å².